The van der Waals surface area contributed by atoms with Crippen molar-refractivity contribution in [3.63, 3.8) is 0 Å². The number of nitrogens with zero attached hydrogens (tertiary/aromatic N) is 2. The molecule has 2 fully saturated rings. The van der Waals surface area contributed by atoms with Crippen LogP contribution in [-0.2, 0) is 9.59 Å². The minimum absolute atomic E-state index is 0.155. The van der Waals surface area contributed by atoms with Crippen molar-refractivity contribution in [2.45, 2.75) is 16.2 Å². The standard InChI is InChI=1S/C22H17ClN2O2S/c23-16-5-9-18(10-6-16)28-17-7-1-13(2-8-17)12-24-25-21(26)19-14-3-4-15(11-14)20(19)22(25)27/h1-10,12,14-15,19-20H,11H2. The number of imide groups is 1. The first-order valence-electron chi connectivity index (χ1n) is 9.24. The Bertz CT molecular complexity index is 970. The van der Waals surface area contributed by atoms with Gasteiger partial charge >= 0.3 is 0 Å². The molecule has 140 valence electrons. The van der Waals surface area contributed by atoms with Crippen molar-refractivity contribution < 1.29 is 9.59 Å². The monoisotopic (exact) mass is 408 g/mol. The summed E-state index contributed by atoms with van der Waals surface area (Å²) in [6.07, 6.45) is 6.68. The van der Waals surface area contributed by atoms with Gasteiger partial charge in [0.15, 0.2) is 0 Å². The molecule has 2 aliphatic carbocycles. The van der Waals surface area contributed by atoms with Gasteiger partial charge in [-0.05, 0) is 60.2 Å². The fourth-order valence-electron chi connectivity index (χ4n) is 4.39. The molecule has 5 rings (SSSR count). The van der Waals surface area contributed by atoms with Crippen LogP contribution in [0.2, 0.25) is 5.02 Å². The molecule has 28 heavy (non-hydrogen) atoms. The summed E-state index contributed by atoms with van der Waals surface area (Å²) in [5.74, 6) is -0.321. The maximum absolute atomic E-state index is 12.6. The number of hydrazone groups is 1. The first-order valence-corrected chi connectivity index (χ1v) is 10.4. The van der Waals surface area contributed by atoms with Crippen molar-refractivity contribution in [2.24, 2.45) is 28.8 Å². The second kappa shape index (κ2) is 6.90. The molecule has 4 atom stereocenters. The molecule has 4 unspecified atom stereocenters. The Hall–Kier alpha value is -2.37. The Balaban J connectivity index is 1.27. The normalized spacial score (nSPS) is 28.0. The highest BCUT2D eigenvalue weighted by Crippen LogP contribution is 2.52. The maximum Gasteiger partial charge on any atom is 0.254 e. The second-order valence-electron chi connectivity index (χ2n) is 7.36. The molecule has 4 nitrogen and oxygen atoms in total. The second-order valence-corrected chi connectivity index (χ2v) is 8.94. The zero-order valence-corrected chi connectivity index (χ0v) is 16.4. The maximum atomic E-state index is 12.6. The lowest BCUT2D eigenvalue weighted by Gasteiger charge is -2.13. The lowest BCUT2D eigenvalue weighted by atomic mass is 9.85. The van der Waals surface area contributed by atoms with Crippen LogP contribution < -0.4 is 0 Å². The van der Waals surface area contributed by atoms with Gasteiger partial charge in [-0.25, -0.2) is 0 Å². The summed E-state index contributed by atoms with van der Waals surface area (Å²) in [6.45, 7) is 0. The van der Waals surface area contributed by atoms with Crippen LogP contribution >= 0.6 is 23.4 Å². The summed E-state index contributed by atoms with van der Waals surface area (Å²) in [5.41, 5.74) is 0.846. The summed E-state index contributed by atoms with van der Waals surface area (Å²) in [7, 11) is 0. The van der Waals surface area contributed by atoms with Gasteiger partial charge in [0.1, 0.15) is 0 Å². The third-order valence-corrected chi connectivity index (χ3v) is 6.97. The highest BCUT2D eigenvalue weighted by atomic mass is 35.5. The van der Waals surface area contributed by atoms with E-state index in [0.717, 1.165) is 31.8 Å². The number of carbonyl (C=O) groups excluding carboxylic acids is 2. The zero-order valence-electron chi connectivity index (χ0n) is 14.9. The number of halogens is 1. The van der Waals surface area contributed by atoms with E-state index >= 15 is 0 Å². The molecule has 0 radical (unpaired) electrons. The number of amides is 2. The van der Waals surface area contributed by atoms with E-state index in [1.807, 2.05) is 48.5 Å². The lowest BCUT2D eigenvalue weighted by Crippen LogP contribution is -2.28. The lowest BCUT2D eigenvalue weighted by molar-refractivity contribution is -0.140. The molecule has 0 spiro atoms. The minimum Gasteiger partial charge on any atom is -0.272 e. The predicted octanol–water partition coefficient (Wildman–Crippen LogP) is 4.63. The van der Waals surface area contributed by atoms with Crippen molar-refractivity contribution >= 4 is 41.4 Å². The Kier molecular flexibility index (Phi) is 4.37. The van der Waals surface area contributed by atoms with E-state index in [4.69, 9.17) is 11.6 Å². The first kappa shape index (κ1) is 17.7. The fraction of sp³-hybridized carbons (Fsp3) is 0.227. The Morgan fingerprint density at radius 2 is 1.43 bits per heavy atom. The topological polar surface area (TPSA) is 49.7 Å². The van der Waals surface area contributed by atoms with Crippen LogP contribution in [0.25, 0.3) is 0 Å². The van der Waals surface area contributed by atoms with Gasteiger partial charge in [0, 0.05) is 14.8 Å². The highest BCUT2D eigenvalue weighted by Gasteiger charge is 2.59. The van der Waals surface area contributed by atoms with E-state index in [9.17, 15) is 9.59 Å². The first-order chi connectivity index (χ1) is 13.6. The van der Waals surface area contributed by atoms with Crippen molar-refractivity contribution in [3.8, 4) is 0 Å². The van der Waals surface area contributed by atoms with Crippen molar-refractivity contribution in [1.82, 2.24) is 5.01 Å². The van der Waals surface area contributed by atoms with Gasteiger partial charge in [-0.15, -0.1) is 0 Å². The molecule has 2 aromatic carbocycles. The van der Waals surface area contributed by atoms with Crippen molar-refractivity contribution in [3.05, 3.63) is 71.3 Å². The molecule has 3 aliphatic rings. The van der Waals surface area contributed by atoms with Gasteiger partial charge in [-0.1, -0.05) is 47.6 Å². The summed E-state index contributed by atoms with van der Waals surface area (Å²) >= 11 is 7.55. The van der Waals surface area contributed by atoms with Crippen LogP contribution in [0.5, 0.6) is 0 Å². The van der Waals surface area contributed by atoms with Crippen molar-refractivity contribution in [1.29, 1.82) is 0 Å². The molecular weight excluding hydrogens is 392 g/mol. The van der Waals surface area contributed by atoms with Gasteiger partial charge in [0.05, 0.1) is 18.1 Å². The number of hydrogen-bond donors (Lipinski definition) is 0. The van der Waals surface area contributed by atoms with E-state index in [1.165, 1.54) is 0 Å². The fourth-order valence-corrected chi connectivity index (χ4v) is 5.33. The van der Waals surface area contributed by atoms with E-state index < -0.39 is 0 Å². The van der Waals surface area contributed by atoms with E-state index in [0.29, 0.717) is 0 Å². The van der Waals surface area contributed by atoms with Crippen LogP contribution in [0.15, 0.2) is 75.6 Å². The molecule has 2 amide bonds. The number of fused-ring (bicyclic) bond motifs is 5. The Morgan fingerprint density at radius 3 is 2.00 bits per heavy atom. The molecule has 1 saturated carbocycles. The molecule has 1 aliphatic heterocycles. The van der Waals surface area contributed by atoms with Crippen LogP contribution in [0.3, 0.4) is 0 Å². The van der Waals surface area contributed by atoms with Crippen LogP contribution in [0, 0.1) is 23.7 Å². The van der Waals surface area contributed by atoms with Crippen LogP contribution in [0.1, 0.15) is 12.0 Å². The SMILES string of the molecule is O=C1C2C3C=CC(C3)C2C(=O)N1N=Cc1ccc(Sc2ccc(Cl)cc2)cc1. The predicted molar refractivity (Wildman–Crippen MR) is 109 cm³/mol. The largest absolute Gasteiger partial charge is 0.272 e. The molecule has 1 saturated heterocycles. The summed E-state index contributed by atoms with van der Waals surface area (Å²) < 4.78 is 0. The third-order valence-electron chi connectivity index (χ3n) is 5.70. The number of rotatable bonds is 4. The molecule has 0 aromatic heterocycles. The van der Waals surface area contributed by atoms with Gasteiger partial charge in [0.25, 0.3) is 11.8 Å². The zero-order chi connectivity index (χ0) is 19.3. The number of carbonyl (C=O) groups is 2. The average Bonchev–Trinajstić information content (AvgIpc) is 3.38. The molecule has 6 heteroatoms. The summed E-state index contributed by atoms with van der Waals surface area (Å²) in [6, 6.07) is 15.5. The van der Waals surface area contributed by atoms with Gasteiger partial charge in [0.2, 0.25) is 0 Å². The smallest absolute Gasteiger partial charge is 0.254 e. The van der Waals surface area contributed by atoms with Gasteiger partial charge in [-0.2, -0.15) is 10.1 Å². The van der Waals surface area contributed by atoms with E-state index in [1.54, 1.807) is 18.0 Å². The van der Waals surface area contributed by atoms with Crippen LogP contribution in [-0.4, -0.2) is 23.0 Å². The Morgan fingerprint density at radius 1 is 0.893 bits per heavy atom. The minimum atomic E-state index is -0.210. The Labute approximate surface area is 172 Å². The number of hydrogen-bond acceptors (Lipinski definition) is 4. The number of allylic oxidation sites excluding steroid dienone is 2. The quantitative estimate of drug-likeness (QED) is 0.421. The molecule has 0 N–H and O–H groups in total. The van der Waals surface area contributed by atoms with Crippen molar-refractivity contribution in [2.75, 3.05) is 0 Å². The molecule has 2 bridgehead atoms. The van der Waals surface area contributed by atoms with Gasteiger partial charge in [-0.3, -0.25) is 9.59 Å². The van der Waals surface area contributed by atoms with E-state index in [2.05, 4.69) is 17.3 Å². The van der Waals surface area contributed by atoms with E-state index in [-0.39, 0.29) is 35.5 Å². The summed E-state index contributed by atoms with van der Waals surface area (Å²) in [4.78, 5) is 27.5. The summed E-state index contributed by atoms with van der Waals surface area (Å²) in [5, 5.41) is 6.02. The average molecular weight is 409 g/mol. The van der Waals surface area contributed by atoms with Crippen LogP contribution in [0.4, 0.5) is 0 Å². The third kappa shape index (κ3) is 2.99. The molecule has 1 heterocycles. The molecule has 2 aromatic rings. The highest BCUT2D eigenvalue weighted by molar-refractivity contribution is 7.99. The number of benzene rings is 2. The molecular formula is C22H17ClN2O2S. The van der Waals surface area contributed by atoms with Gasteiger partial charge < -0.3 is 0 Å².